The van der Waals surface area contributed by atoms with Gasteiger partial charge in [0, 0.05) is 23.3 Å². The number of hydrogen-bond acceptors (Lipinski definition) is 6. The summed E-state index contributed by atoms with van der Waals surface area (Å²) in [5.74, 6) is -0.451. The molecule has 8 heteroatoms. The lowest BCUT2D eigenvalue weighted by atomic mass is 9.44. The Morgan fingerprint density at radius 2 is 1.87 bits per heavy atom. The van der Waals surface area contributed by atoms with Crippen LogP contribution in [0.1, 0.15) is 52.9 Å². The standard InChI is InChI=1S/C31H40FNO6/c1-19-16-25-24-11-6-20-17-21(34)12-13-28(20,2)30(24,32)26(35)18-29(25,3)31(19,37)27(36)33-14-5-15-39-23-9-7-22(38-4)8-10-23/h7-10,12-13,17,19,24-26,35,37H,5-6,11,14-16,18H2,1-4H3,(H,33,36)/t19-,24+,25+,26+,28+,29+,30+,31+/m1/s1. The van der Waals surface area contributed by atoms with Gasteiger partial charge in [-0.25, -0.2) is 4.39 Å². The average molecular weight is 542 g/mol. The van der Waals surface area contributed by atoms with Crippen LogP contribution in [0.5, 0.6) is 11.5 Å². The molecule has 212 valence electrons. The fourth-order valence-corrected chi connectivity index (χ4v) is 8.30. The average Bonchev–Trinajstić information content (AvgIpc) is 3.11. The second-order valence-electron chi connectivity index (χ2n) is 12.3. The molecule has 1 amide bonds. The molecule has 3 N–H and O–H groups in total. The van der Waals surface area contributed by atoms with Gasteiger partial charge in [-0.15, -0.1) is 0 Å². The summed E-state index contributed by atoms with van der Waals surface area (Å²) in [4.78, 5) is 25.6. The summed E-state index contributed by atoms with van der Waals surface area (Å²) >= 11 is 0. The van der Waals surface area contributed by atoms with Crippen LogP contribution in [0.25, 0.3) is 0 Å². The molecule has 0 bridgehead atoms. The van der Waals surface area contributed by atoms with Crippen LogP contribution in [0.2, 0.25) is 0 Å². The molecule has 0 aromatic heterocycles. The minimum atomic E-state index is -1.99. The van der Waals surface area contributed by atoms with E-state index in [2.05, 4.69) is 5.32 Å². The molecule has 4 aliphatic rings. The fraction of sp³-hybridized carbons (Fsp3) is 0.613. The highest BCUT2D eigenvalue weighted by Gasteiger charge is 2.75. The molecule has 0 radical (unpaired) electrons. The number of carbonyl (C=O) groups excluding carboxylic acids is 2. The number of ketones is 1. The van der Waals surface area contributed by atoms with Gasteiger partial charge in [0.2, 0.25) is 0 Å². The summed E-state index contributed by atoms with van der Waals surface area (Å²) in [6.45, 7) is 6.15. The summed E-state index contributed by atoms with van der Waals surface area (Å²) in [5.41, 5.74) is -5.11. The Balaban J connectivity index is 1.29. The summed E-state index contributed by atoms with van der Waals surface area (Å²) < 4.78 is 28.1. The number of aliphatic hydroxyl groups excluding tert-OH is 1. The van der Waals surface area contributed by atoms with Crippen molar-refractivity contribution in [1.29, 1.82) is 0 Å². The van der Waals surface area contributed by atoms with Crippen LogP contribution in [-0.4, -0.2) is 59.5 Å². The third kappa shape index (κ3) is 3.97. The Hall–Kier alpha value is -2.71. The number of nitrogens with one attached hydrogen (secondary N) is 1. The normalized spacial score (nSPS) is 40.7. The topological polar surface area (TPSA) is 105 Å². The van der Waals surface area contributed by atoms with Gasteiger partial charge in [0.25, 0.3) is 5.91 Å². The third-order valence-corrected chi connectivity index (χ3v) is 10.5. The molecule has 3 fully saturated rings. The molecule has 7 nitrogen and oxygen atoms in total. The van der Waals surface area contributed by atoms with Gasteiger partial charge in [0.1, 0.15) is 11.5 Å². The molecule has 8 atom stereocenters. The van der Waals surface area contributed by atoms with E-state index in [1.54, 1.807) is 20.1 Å². The van der Waals surface area contributed by atoms with Crippen LogP contribution >= 0.6 is 0 Å². The van der Waals surface area contributed by atoms with E-state index in [4.69, 9.17) is 9.47 Å². The van der Waals surface area contributed by atoms with E-state index >= 15 is 4.39 Å². The third-order valence-electron chi connectivity index (χ3n) is 10.5. The van der Waals surface area contributed by atoms with Crippen LogP contribution in [0, 0.1) is 28.6 Å². The number of amides is 1. The zero-order valence-corrected chi connectivity index (χ0v) is 23.2. The van der Waals surface area contributed by atoms with Crippen molar-refractivity contribution in [3.8, 4) is 11.5 Å². The van der Waals surface area contributed by atoms with E-state index in [-0.39, 0.29) is 18.1 Å². The largest absolute Gasteiger partial charge is 0.497 e. The first-order valence-corrected chi connectivity index (χ1v) is 14.0. The maximum Gasteiger partial charge on any atom is 0.252 e. The zero-order valence-electron chi connectivity index (χ0n) is 23.2. The maximum absolute atomic E-state index is 17.3. The molecule has 5 rings (SSSR count). The van der Waals surface area contributed by atoms with Crippen molar-refractivity contribution in [2.75, 3.05) is 20.3 Å². The number of halogens is 1. The van der Waals surface area contributed by atoms with Gasteiger partial charge >= 0.3 is 0 Å². The number of alkyl halides is 1. The van der Waals surface area contributed by atoms with Crippen LogP contribution in [0.15, 0.2) is 48.1 Å². The number of hydrogen-bond donors (Lipinski definition) is 3. The van der Waals surface area contributed by atoms with E-state index in [1.807, 2.05) is 38.1 Å². The van der Waals surface area contributed by atoms with Crippen molar-refractivity contribution < 1.29 is 33.7 Å². The molecule has 0 heterocycles. The van der Waals surface area contributed by atoms with Gasteiger partial charge in [-0.05, 0) is 87.3 Å². The minimum Gasteiger partial charge on any atom is -0.497 e. The van der Waals surface area contributed by atoms with Gasteiger partial charge in [0.05, 0.1) is 19.8 Å². The molecular weight excluding hydrogens is 501 g/mol. The van der Waals surface area contributed by atoms with Gasteiger partial charge in [0.15, 0.2) is 17.1 Å². The first-order valence-electron chi connectivity index (χ1n) is 14.0. The first kappa shape index (κ1) is 27.8. The molecule has 0 unspecified atom stereocenters. The molecule has 4 aliphatic carbocycles. The second-order valence-corrected chi connectivity index (χ2v) is 12.3. The zero-order chi connectivity index (χ0) is 28.2. The molecule has 39 heavy (non-hydrogen) atoms. The lowest BCUT2D eigenvalue weighted by Crippen LogP contribution is -2.70. The number of aliphatic hydroxyl groups is 2. The highest BCUT2D eigenvalue weighted by Crippen LogP contribution is 2.70. The highest BCUT2D eigenvalue weighted by atomic mass is 19.1. The van der Waals surface area contributed by atoms with E-state index < -0.39 is 45.9 Å². The number of carbonyl (C=O) groups is 2. The Kier molecular flexibility index (Phi) is 6.95. The molecule has 0 aliphatic heterocycles. The van der Waals surface area contributed by atoms with Gasteiger partial charge < -0.3 is 25.0 Å². The SMILES string of the molecule is COc1ccc(OCCCNC(=O)[C@@]2(O)[C@H](C)C[C@H]3[C@@H]4CCC5=CC(=O)C=C[C@]5(C)[C@@]4(F)[C@@H](O)C[C@@]32C)cc1. The van der Waals surface area contributed by atoms with E-state index in [9.17, 15) is 19.8 Å². The van der Waals surface area contributed by atoms with Crippen LogP contribution in [0.4, 0.5) is 4.39 Å². The van der Waals surface area contributed by atoms with Crippen molar-refractivity contribution >= 4 is 11.7 Å². The Bertz CT molecular complexity index is 1200. The number of methoxy groups -OCH3 is 1. The number of fused-ring (bicyclic) bond motifs is 5. The number of rotatable bonds is 7. The first-order chi connectivity index (χ1) is 18.4. The van der Waals surface area contributed by atoms with E-state index in [0.29, 0.717) is 50.2 Å². The van der Waals surface area contributed by atoms with Gasteiger partial charge in [-0.1, -0.05) is 25.5 Å². The van der Waals surface area contributed by atoms with Gasteiger partial charge in [-0.3, -0.25) is 9.59 Å². The number of benzene rings is 1. The van der Waals surface area contributed by atoms with Crippen molar-refractivity contribution in [3.63, 3.8) is 0 Å². The summed E-state index contributed by atoms with van der Waals surface area (Å²) in [6.07, 6.45) is 5.14. The summed E-state index contributed by atoms with van der Waals surface area (Å²) in [7, 11) is 1.60. The van der Waals surface area contributed by atoms with Crippen molar-refractivity contribution in [2.45, 2.75) is 70.2 Å². The molecule has 3 saturated carbocycles. The van der Waals surface area contributed by atoms with E-state index in [1.165, 1.54) is 12.2 Å². The highest BCUT2D eigenvalue weighted by molar-refractivity contribution is 6.01. The van der Waals surface area contributed by atoms with Crippen LogP contribution in [0.3, 0.4) is 0 Å². The molecule has 1 aromatic carbocycles. The van der Waals surface area contributed by atoms with Crippen molar-refractivity contribution in [3.05, 3.63) is 48.1 Å². The van der Waals surface area contributed by atoms with E-state index in [0.717, 1.165) is 5.75 Å². The monoisotopic (exact) mass is 541 g/mol. The predicted octanol–water partition coefficient (Wildman–Crippen LogP) is 3.93. The van der Waals surface area contributed by atoms with Crippen molar-refractivity contribution in [2.24, 2.45) is 28.6 Å². The molecule has 1 aromatic rings. The second kappa shape index (κ2) is 9.73. The summed E-state index contributed by atoms with van der Waals surface area (Å²) in [6, 6.07) is 7.24. The quantitative estimate of drug-likeness (QED) is 0.452. The van der Waals surface area contributed by atoms with Crippen LogP contribution < -0.4 is 14.8 Å². The Morgan fingerprint density at radius 1 is 1.18 bits per heavy atom. The smallest absolute Gasteiger partial charge is 0.252 e. The molecule has 0 spiro atoms. The van der Waals surface area contributed by atoms with Crippen LogP contribution in [-0.2, 0) is 9.59 Å². The molecule has 0 saturated heterocycles. The summed E-state index contributed by atoms with van der Waals surface area (Å²) in [5, 5.41) is 26.4. The number of ether oxygens (including phenoxy) is 2. The molecular formula is C31H40FNO6. The van der Waals surface area contributed by atoms with Gasteiger partial charge in [-0.2, -0.15) is 0 Å². The lowest BCUT2D eigenvalue weighted by molar-refractivity contribution is -0.219. The minimum absolute atomic E-state index is 0.0375. The number of allylic oxidation sites excluding steroid dienone is 4. The Morgan fingerprint density at radius 3 is 2.56 bits per heavy atom. The fourth-order valence-electron chi connectivity index (χ4n) is 8.30. The maximum atomic E-state index is 17.3. The Labute approximate surface area is 229 Å². The van der Waals surface area contributed by atoms with Crippen molar-refractivity contribution in [1.82, 2.24) is 5.32 Å². The predicted molar refractivity (Wildman–Crippen MR) is 144 cm³/mol. The lowest BCUT2D eigenvalue weighted by Gasteiger charge is -2.62.